The van der Waals surface area contributed by atoms with Crippen molar-refractivity contribution in [2.75, 3.05) is 19.6 Å². The summed E-state index contributed by atoms with van der Waals surface area (Å²) in [6.07, 6.45) is 5.91. The van der Waals surface area contributed by atoms with Crippen molar-refractivity contribution < 1.29 is 9.32 Å². The maximum absolute atomic E-state index is 13.6. The summed E-state index contributed by atoms with van der Waals surface area (Å²) in [5, 5.41) is 8.15. The molecule has 1 amide bonds. The molecule has 0 aromatic carbocycles. The van der Waals surface area contributed by atoms with Crippen LogP contribution in [0.1, 0.15) is 52.4 Å². The molecule has 3 aromatic heterocycles. The summed E-state index contributed by atoms with van der Waals surface area (Å²) in [7, 11) is 1.96. The average molecular weight is 403 g/mol. The van der Waals surface area contributed by atoms with Crippen LogP contribution in [-0.2, 0) is 7.05 Å². The van der Waals surface area contributed by atoms with Crippen molar-refractivity contribution in [2.24, 2.45) is 7.05 Å². The van der Waals surface area contributed by atoms with Crippen LogP contribution in [0, 0.1) is 6.92 Å². The number of halogens is 1. The minimum absolute atomic E-state index is 0. The summed E-state index contributed by atoms with van der Waals surface area (Å²) in [4.78, 5) is 24.6. The van der Waals surface area contributed by atoms with Crippen molar-refractivity contribution in [1.29, 1.82) is 0 Å². The van der Waals surface area contributed by atoms with Gasteiger partial charge < -0.3 is 19.3 Å². The predicted octanol–water partition coefficient (Wildman–Crippen LogP) is 2.35. The number of fused-ring (bicyclic) bond motifs is 1. The van der Waals surface area contributed by atoms with Crippen LogP contribution in [0.25, 0.3) is 11.1 Å². The number of imidazole rings is 1. The quantitative estimate of drug-likeness (QED) is 0.723. The second kappa shape index (κ2) is 7.18. The molecule has 3 aromatic rings. The SMILES string of the molecule is Cc1noc2nc(C3CC3)cc(C(=O)N3CCNCC3c3nccn3C)c12.Cl. The third-order valence-electron chi connectivity index (χ3n) is 5.52. The third kappa shape index (κ3) is 3.06. The summed E-state index contributed by atoms with van der Waals surface area (Å²) in [6, 6.07) is 1.84. The molecule has 9 heteroatoms. The Kier molecular flexibility index (Phi) is 4.84. The largest absolute Gasteiger partial charge is 0.336 e. The van der Waals surface area contributed by atoms with Gasteiger partial charge in [0.2, 0.25) is 0 Å². The first-order valence-electron chi connectivity index (χ1n) is 9.39. The fraction of sp³-hybridized carbons (Fsp3) is 0.474. The number of rotatable bonds is 3. The Morgan fingerprint density at radius 2 is 2.18 bits per heavy atom. The van der Waals surface area contributed by atoms with Gasteiger partial charge in [0.05, 0.1) is 16.6 Å². The molecular formula is C19H23ClN6O2. The number of hydrogen-bond acceptors (Lipinski definition) is 6. The van der Waals surface area contributed by atoms with E-state index in [1.165, 1.54) is 0 Å². The summed E-state index contributed by atoms with van der Waals surface area (Å²) in [5.41, 5.74) is 2.74. The van der Waals surface area contributed by atoms with Gasteiger partial charge in [-0.1, -0.05) is 5.16 Å². The molecule has 0 radical (unpaired) electrons. The van der Waals surface area contributed by atoms with E-state index in [0.717, 1.165) is 36.3 Å². The van der Waals surface area contributed by atoms with Crippen LogP contribution in [0.2, 0.25) is 0 Å². The molecule has 8 nitrogen and oxygen atoms in total. The second-order valence-corrected chi connectivity index (χ2v) is 7.43. The van der Waals surface area contributed by atoms with Crippen LogP contribution in [0.4, 0.5) is 0 Å². The molecule has 0 bridgehead atoms. The first kappa shape index (κ1) is 18.9. The van der Waals surface area contributed by atoms with Crippen molar-refractivity contribution in [3.8, 4) is 0 Å². The van der Waals surface area contributed by atoms with E-state index in [9.17, 15) is 4.79 Å². The minimum Gasteiger partial charge on any atom is -0.336 e. The molecule has 2 aliphatic rings. The molecule has 1 saturated carbocycles. The van der Waals surface area contributed by atoms with Gasteiger partial charge in [-0.2, -0.15) is 0 Å². The number of aryl methyl sites for hydroxylation is 2. The molecule has 1 N–H and O–H groups in total. The van der Waals surface area contributed by atoms with Gasteiger partial charge >= 0.3 is 0 Å². The number of amides is 1. The van der Waals surface area contributed by atoms with Gasteiger partial charge in [-0.15, -0.1) is 12.4 Å². The molecule has 1 aliphatic carbocycles. The Morgan fingerprint density at radius 3 is 2.89 bits per heavy atom. The van der Waals surface area contributed by atoms with E-state index >= 15 is 0 Å². The molecule has 1 saturated heterocycles. The zero-order chi connectivity index (χ0) is 18.5. The Balaban J connectivity index is 0.00000192. The molecule has 148 valence electrons. The zero-order valence-electron chi connectivity index (χ0n) is 15.9. The van der Waals surface area contributed by atoms with E-state index in [2.05, 4.69) is 20.4 Å². The molecule has 28 heavy (non-hydrogen) atoms. The molecular weight excluding hydrogens is 380 g/mol. The molecule has 1 atom stereocenters. The summed E-state index contributed by atoms with van der Waals surface area (Å²) < 4.78 is 7.38. The maximum atomic E-state index is 13.6. The molecule has 0 spiro atoms. The van der Waals surface area contributed by atoms with Gasteiger partial charge in [-0.3, -0.25) is 4.79 Å². The normalized spacial score (nSPS) is 19.6. The number of pyridine rings is 1. The number of carbonyl (C=O) groups is 1. The van der Waals surface area contributed by atoms with E-state index in [4.69, 9.17) is 4.52 Å². The van der Waals surface area contributed by atoms with Crippen LogP contribution < -0.4 is 5.32 Å². The van der Waals surface area contributed by atoms with Crippen LogP contribution in [-0.4, -0.2) is 50.1 Å². The van der Waals surface area contributed by atoms with Crippen molar-refractivity contribution in [2.45, 2.75) is 31.7 Å². The van der Waals surface area contributed by atoms with E-state index in [0.29, 0.717) is 36.0 Å². The van der Waals surface area contributed by atoms with Crippen molar-refractivity contribution in [1.82, 2.24) is 29.9 Å². The third-order valence-corrected chi connectivity index (χ3v) is 5.52. The van der Waals surface area contributed by atoms with Crippen LogP contribution in [0.5, 0.6) is 0 Å². The van der Waals surface area contributed by atoms with Crippen molar-refractivity contribution >= 4 is 29.4 Å². The summed E-state index contributed by atoms with van der Waals surface area (Å²) in [5.74, 6) is 1.30. The average Bonchev–Trinajstić information content (AvgIpc) is 3.36. The smallest absolute Gasteiger partial charge is 0.259 e. The highest BCUT2D eigenvalue weighted by Gasteiger charge is 2.34. The second-order valence-electron chi connectivity index (χ2n) is 7.43. The van der Waals surface area contributed by atoms with Gasteiger partial charge in [-0.25, -0.2) is 9.97 Å². The van der Waals surface area contributed by atoms with Crippen LogP contribution in [0.3, 0.4) is 0 Å². The fourth-order valence-electron chi connectivity index (χ4n) is 3.90. The predicted molar refractivity (Wildman–Crippen MR) is 106 cm³/mol. The minimum atomic E-state index is -0.112. The van der Waals surface area contributed by atoms with Gasteiger partial charge in [0.1, 0.15) is 11.9 Å². The number of aromatic nitrogens is 4. The van der Waals surface area contributed by atoms with Crippen LogP contribution >= 0.6 is 12.4 Å². The Hall–Kier alpha value is -2.45. The first-order chi connectivity index (χ1) is 13.1. The van der Waals surface area contributed by atoms with E-state index in [1.807, 2.05) is 35.7 Å². The fourth-order valence-corrected chi connectivity index (χ4v) is 3.90. The summed E-state index contributed by atoms with van der Waals surface area (Å²) >= 11 is 0. The first-order valence-corrected chi connectivity index (χ1v) is 9.39. The highest BCUT2D eigenvalue weighted by atomic mass is 35.5. The monoisotopic (exact) mass is 402 g/mol. The topological polar surface area (TPSA) is 89.1 Å². The van der Waals surface area contributed by atoms with E-state index in [1.54, 1.807) is 6.20 Å². The van der Waals surface area contributed by atoms with E-state index in [-0.39, 0.29) is 24.4 Å². The Bertz CT molecular complexity index is 1020. The van der Waals surface area contributed by atoms with Gasteiger partial charge in [0, 0.05) is 50.7 Å². The standard InChI is InChI=1S/C19H22N6O2.ClH/c1-11-16-13(9-14(12-3-4-12)22-18(16)27-23-11)19(26)25-8-5-20-10-15(25)17-21-6-7-24(17)2;/h6-7,9,12,15,20H,3-5,8,10H2,1-2H3;1H. The van der Waals surface area contributed by atoms with Gasteiger partial charge in [0.15, 0.2) is 0 Å². The lowest BCUT2D eigenvalue weighted by atomic mass is 10.0. The Morgan fingerprint density at radius 1 is 1.36 bits per heavy atom. The lowest BCUT2D eigenvalue weighted by Gasteiger charge is -2.36. The van der Waals surface area contributed by atoms with E-state index < -0.39 is 0 Å². The number of piperazine rings is 1. The summed E-state index contributed by atoms with van der Waals surface area (Å²) in [6.45, 7) is 3.93. The molecule has 1 unspecified atom stereocenters. The number of nitrogens with one attached hydrogen (secondary N) is 1. The van der Waals surface area contributed by atoms with Gasteiger partial charge in [-0.05, 0) is 25.8 Å². The molecule has 1 aliphatic heterocycles. The number of hydrogen-bond donors (Lipinski definition) is 1. The van der Waals surface area contributed by atoms with Gasteiger partial charge in [0.25, 0.3) is 11.6 Å². The lowest BCUT2D eigenvalue weighted by molar-refractivity contribution is 0.0622. The van der Waals surface area contributed by atoms with Crippen molar-refractivity contribution in [3.05, 3.63) is 41.2 Å². The Labute approximate surface area is 168 Å². The lowest BCUT2D eigenvalue weighted by Crippen LogP contribution is -2.49. The van der Waals surface area contributed by atoms with Crippen molar-refractivity contribution in [3.63, 3.8) is 0 Å². The van der Waals surface area contributed by atoms with Crippen LogP contribution in [0.15, 0.2) is 23.0 Å². The highest BCUT2D eigenvalue weighted by molar-refractivity contribution is 6.06. The maximum Gasteiger partial charge on any atom is 0.259 e. The zero-order valence-corrected chi connectivity index (χ0v) is 16.7. The molecule has 5 rings (SSSR count). The number of carbonyl (C=O) groups excluding carboxylic acids is 1. The molecule has 4 heterocycles. The highest BCUT2D eigenvalue weighted by Crippen LogP contribution is 2.41. The number of nitrogens with zero attached hydrogens (tertiary/aromatic N) is 5. The molecule has 2 fully saturated rings.